The summed E-state index contributed by atoms with van der Waals surface area (Å²) in [5.41, 5.74) is 4.72. The Morgan fingerprint density at radius 3 is 2.52 bits per heavy atom. The average Bonchev–Trinajstić information content (AvgIpc) is 2.73. The van der Waals surface area contributed by atoms with Crippen LogP contribution in [0, 0.1) is 12.8 Å². The van der Waals surface area contributed by atoms with Crippen LogP contribution in [0.4, 0.5) is 5.69 Å². The third-order valence-corrected chi connectivity index (χ3v) is 5.19. The van der Waals surface area contributed by atoms with Crippen LogP contribution in [-0.2, 0) is 4.79 Å². The Morgan fingerprint density at radius 1 is 1.10 bits per heavy atom. The fraction of sp³-hybridized carbons (Fsp3) is 0.320. The first-order valence-electron chi connectivity index (χ1n) is 10.6. The second-order valence-electron chi connectivity index (χ2n) is 8.21. The number of carbonyl (C=O) groups is 2. The molecular weight excluding hydrogens is 390 g/mol. The number of hydrogen-bond donors (Lipinski definition) is 3. The number of nitrogens with zero attached hydrogens (tertiary/aromatic N) is 1. The number of aromatic nitrogens is 1. The van der Waals surface area contributed by atoms with Crippen molar-refractivity contribution >= 4 is 28.5 Å². The van der Waals surface area contributed by atoms with E-state index in [0.717, 1.165) is 28.6 Å². The van der Waals surface area contributed by atoms with Crippen molar-refractivity contribution in [1.82, 2.24) is 10.3 Å². The van der Waals surface area contributed by atoms with E-state index in [4.69, 9.17) is 5.11 Å². The number of amides is 1. The van der Waals surface area contributed by atoms with Gasteiger partial charge in [0, 0.05) is 17.5 Å². The number of benzene rings is 2. The molecule has 6 heteroatoms. The van der Waals surface area contributed by atoms with Crippen molar-refractivity contribution in [3.8, 4) is 0 Å². The quantitative estimate of drug-likeness (QED) is 0.457. The second-order valence-corrected chi connectivity index (χ2v) is 8.21. The van der Waals surface area contributed by atoms with E-state index in [9.17, 15) is 9.59 Å². The fourth-order valence-electron chi connectivity index (χ4n) is 3.58. The third-order valence-electron chi connectivity index (χ3n) is 5.19. The third kappa shape index (κ3) is 6.04. The fourth-order valence-corrected chi connectivity index (χ4v) is 3.58. The molecule has 0 bridgehead atoms. The van der Waals surface area contributed by atoms with Crippen LogP contribution in [-0.4, -0.2) is 28.5 Å². The molecule has 3 N–H and O–H groups in total. The highest BCUT2D eigenvalue weighted by molar-refractivity contribution is 5.94. The van der Waals surface area contributed by atoms with Gasteiger partial charge in [-0.1, -0.05) is 38.1 Å². The molecule has 31 heavy (non-hydrogen) atoms. The van der Waals surface area contributed by atoms with E-state index in [1.165, 1.54) is 5.56 Å². The van der Waals surface area contributed by atoms with Crippen LogP contribution in [0.1, 0.15) is 54.2 Å². The molecule has 1 aromatic heterocycles. The van der Waals surface area contributed by atoms with E-state index in [-0.39, 0.29) is 24.9 Å². The monoisotopic (exact) mass is 419 g/mol. The SMILES string of the molecule is Cc1cccc2ncc(N[C@H](CC(C)C)c3ccc(C(=O)NCCC(=O)O)cc3)cc12. The summed E-state index contributed by atoms with van der Waals surface area (Å²) in [5, 5.41) is 16.1. The lowest BCUT2D eigenvalue weighted by atomic mass is 9.95. The molecule has 1 heterocycles. The van der Waals surface area contributed by atoms with Gasteiger partial charge in [-0.2, -0.15) is 0 Å². The summed E-state index contributed by atoms with van der Waals surface area (Å²) in [6.45, 7) is 6.56. The minimum absolute atomic E-state index is 0.0763. The number of carboxylic acid groups (broad SMARTS) is 1. The number of hydrogen-bond acceptors (Lipinski definition) is 4. The highest BCUT2D eigenvalue weighted by Crippen LogP contribution is 2.28. The van der Waals surface area contributed by atoms with Crippen LogP contribution in [0.25, 0.3) is 10.9 Å². The Morgan fingerprint density at radius 2 is 1.84 bits per heavy atom. The largest absolute Gasteiger partial charge is 0.481 e. The van der Waals surface area contributed by atoms with E-state index in [0.29, 0.717) is 11.5 Å². The smallest absolute Gasteiger partial charge is 0.305 e. The van der Waals surface area contributed by atoms with Crippen molar-refractivity contribution in [3.05, 3.63) is 71.4 Å². The Balaban J connectivity index is 1.77. The van der Waals surface area contributed by atoms with E-state index in [1.54, 1.807) is 12.1 Å². The zero-order valence-electron chi connectivity index (χ0n) is 18.2. The number of nitrogens with one attached hydrogen (secondary N) is 2. The normalized spacial score (nSPS) is 12.0. The molecule has 0 aliphatic rings. The van der Waals surface area contributed by atoms with Crippen molar-refractivity contribution in [2.24, 2.45) is 5.92 Å². The number of aryl methyl sites for hydroxylation is 1. The molecule has 2 aromatic carbocycles. The van der Waals surface area contributed by atoms with E-state index in [2.05, 4.69) is 48.5 Å². The molecule has 162 valence electrons. The number of fused-ring (bicyclic) bond motifs is 1. The van der Waals surface area contributed by atoms with Crippen LogP contribution in [0.5, 0.6) is 0 Å². The van der Waals surface area contributed by atoms with Gasteiger partial charge in [-0.15, -0.1) is 0 Å². The molecule has 0 unspecified atom stereocenters. The van der Waals surface area contributed by atoms with Gasteiger partial charge >= 0.3 is 5.97 Å². The Kier molecular flexibility index (Phi) is 7.23. The molecule has 0 saturated carbocycles. The summed E-state index contributed by atoms with van der Waals surface area (Å²) in [7, 11) is 0. The van der Waals surface area contributed by atoms with Gasteiger partial charge in [0.15, 0.2) is 0 Å². The molecule has 0 fully saturated rings. The molecule has 0 saturated heterocycles. The predicted molar refractivity (Wildman–Crippen MR) is 123 cm³/mol. The lowest BCUT2D eigenvalue weighted by Crippen LogP contribution is -2.26. The van der Waals surface area contributed by atoms with Crippen molar-refractivity contribution in [3.63, 3.8) is 0 Å². The number of carboxylic acids is 1. The molecule has 0 aliphatic carbocycles. The zero-order chi connectivity index (χ0) is 22.4. The standard InChI is InChI=1S/C25H29N3O3/c1-16(2)13-23(28-20-14-21-17(3)5-4-6-22(21)27-15-20)18-7-9-19(10-8-18)25(31)26-12-11-24(29)30/h4-10,14-16,23,28H,11-13H2,1-3H3,(H,26,31)(H,29,30)/t23-/m1/s1. The summed E-state index contributed by atoms with van der Waals surface area (Å²) in [6, 6.07) is 15.8. The molecule has 0 radical (unpaired) electrons. The van der Waals surface area contributed by atoms with Crippen LogP contribution in [0.2, 0.25) is 0 Å². The summed E-state index contributed by atoms with van der Waals surface area (Å²) in [6.07, 6.45) is 2.69. The summed E-state index contributed by atoms with van der Waals surface area (Å²) >= 11 is 0. The van der Waals surface area contributed by atoms with E-state index < -0.39 is 5.97 Å². The average molecular weight is 420 g/mol. The molecule has 3 aromatic rings. The van der Waals surface area contributed by atoms with Gasteiger partial charge in [0.1, 0.15) is 0 Å². The molecule has 0 aliphatic heterocycles. The van der Waals surface area contributed by atoms with Crippen molar-refractivity contribution in [2.75, 3.05) is 11.9 Å². The predicted octanol–water partition coefficient (Wildman–Crippen LogP) is 4.95. The highest BCUT2D eigenvalue weighted by Gasteiger charge is 2.15. The first kappa shape index (κ1) is 22.3. The first-order valence-corrected chi connectivity index (χ1v) is 10.6. The van der Waals surface area contributed by atoms with Crippen LogP contribution in [0.15, 0.2) is 54.7 Å². The van der Waals surface area contributed by atoms with Gasteiger partial charge in [0.2, 0.25) is 0 Å². The van der Waals surface area contributed by atoms with Crippen LogP contribution >= 0.6 is 0 Å². The van der Waals surface area contributed by atoms with Crippen LogP contribution in [0.3, 0.4) is 0 Å². The molecule has 3 rings (SSSR count). The molecule has 0 spiro atoms. The lowest BCUT2D eigenvalue weighted by molar-refractivity contribution is -0.136. The Bertz CT molecular complexity index is 1060. The van der Waals surface area contributed by atoms with Crippen molar-refractivity contribution < 1.29 is 14.7 Å². The maximum atomic E-state index is 12.2. The maximum absolute atomic E-state index is 12.2. The van der Waals surface area contributed by atoms with Gasteiger partial charge in [-0.3, -0.25) is 14.6 Å². The molecular formula is C25H29N3O3. The van der Waals surface area contributed by atoms with E-state index in [1.807, 2.05) is 30.5 Å². The number of pyridine rings is 1. The van der Waals surface area contributed by atoms with Gasteiger partial charge in [0.05, 0.1) is 29.9 Å². The maximum Gasteiger partial charge on any atom is 0.305 e. The highest BCUT2D eigenvalue weighted by atomic mass is 16.4. The number of rotatable bonds is 9. The molecule has 1 atom stereocenters. The van der Waals surface area contributed by atoms with Gasteiger partial charge in [-0.25, -0.2) is 0 Å². The Labute approximate surface area is 182 Å². The first-order chi connectivity index (χ1) is 14.8. The second kappa shape index (κ2) is 10.1. The number of aliphatic carboxylic acids is 1. The number of anilines is 1. The summed E-state index contributed by atoms with van der Waals surface area (Å²) in [5.74, 6) is -0.723. The summed E-state index contributed by atoms with van der Waals surface area (Å²) in [4.78, 5) is 27.4. The van der Waals surface area contributed by atoms with E-state index >= 15 is 0 Å². The van der Waals surface area contributed by atoms with Crippen molar-refractivity contribution in [2.45, 2.75) is 39.7 Å². The minimum Gasteiger partial charge on any atom is -0.481 e. The molecule has 6 nitrogen and oxygen atoms in total. The minimum atomic E-state index is -0.934. The topological polar surface area (TPSA) is 91.3 Å². The van der Waals surface area contributed by atoms with Crippen molar-refractivity contribution in [1.29, 1.82) is 0 Å². The van der Waals surface area contributed by atoms with Gasteiger partial charge in [-0.05, 0) is 54.7 Å². The number of carbonyl (C=O) groups excluding carboxylic acids is 1. The molecule has 1 amide bonds. The Hall–Kier alpha value is -3.41. The van der Waals surface area contributed by atoms with Crippen LogP contribution < -0.4 is 10.6 Å². The zero-order valence-corrected chi connectivity index (χ0v) is 18.2. The van der Waals surface area contributed by atoms with Gasteiger partial charge in [0.25, 0.3) is 5.91 Å². The lowest BCUT2D eigenvalue weighted by Gasteiger charge is -2.23. The summed E-state index contributed by atoms with van der Waals surface area (Å²) < 4.78 is 0. The van der Waals surface area contributed by atoms with Gasteiger partial charge < -0.3 is 15.7 Å².